The highest BCUT2D eigenvalue weighted by Crippen LogP contribution is 2.24. The van der Waals surface area contributed by atoms with E-state index in [2.05, 4.69) is 0 Å². The summed E-state index contributed by atoms with van der Waals surface area (Å²) in [7, 11) is -3.55. The summed E-state index contributed by atoms with van der Waals surface area (Å²) in [5.41, 5.74) is 2.21. The summed E-state index contributed by atoms with van der Waals surface area (Å²) in [4.78, 5) is 29.2. The largest absolute Gasteiger partial charge is 0.340 e. The highest BCUT2D eigenvalue weighted by atomic mass is 32.2. The molecular formula is C23H27N3O4S. The fraction of sp³-hybridized carbons (Fsp3) is 0.391. The minimum absolute atomic E-state index is 0.00998. The average molecular weight is 442 g/mol. The number of rotatable bonds is 5. The van der Waals surface area contributed by atoms with E-state index in [1.807, 2.05) is 31.2 Å². The van der Waals surface area contributed by atoms with Crippen LogP contribution in [0.1, 0.15) is 17.5 Å². The molecule has 2 aliphatic heterocycles. The highest BCUT2D eigenvalue weighted by Gasteiger charge is 2.38. The molecule has 4 rings (SSSR count). The molecule has 2 saturated heterocycles. The summed E-state index contributed by atoms with van der Waals surface area (Å²) in [5.74, 6) is -0.434. The van der Waals surface area contributed by atoms with E-state index >= 15 is 0 Å². The van der Waals surface area contributed by atoms with Gasteiger partial charge < -0.3 is 9.80 Å². The number of amides is 2. The van der Waals surface area contributed by atoms with Gasteiger partial charge in [-0.1, -0.05) is 48.0 Å². The molecule has 0 aromatic heterocycles. The second-order valence-corrected chi connectivity index (χ2v) is 10.1. The zero-order chi connectivity index (χ0) is 22.0. The summed E-state index contributed by atoms with van der Waals surface area (Å²) < 4.78 is 27.0. The number of nitrogens with zero attached hydrogens (tertiary/aromatic N) is 3. The van der Waals surface area contributed by atoms with Gasteiger partial charge in [0.1, 0.15) is 0 Å². The number of sulfonamides is 1. The SMILES string of the molecule is Cc1ccc(CN2C[C@@H](C(=O)N3CCN(S(=O)(=O)c4ccccc4)CC3)CC2=O)cc1. The molecule has 2 aromatic carbocycles. The standard InChI is InChI=1S/C23H27N3O4S/c1-18-7-9-19(10-8-18)16-25-17-20(15-22(25)27)23(28)24-11-13-26(14-12-24)31(29,30)21-5-3-2-4-6-21/h2-10,20H,11-17H2,1H3/t20-/m0/s1. The summed E-state index contributed by atoms with van der Waals surface area (Å²) >= 11 is 0. The Kier molecular flexibility index (Phi) is 6.11. The first-order valence-corrected chi connectivity index (χ1v) is 12.0. The van der Waals surface area contributed by atoms with Gasteiger partial charge in [0.25, 0.3) is 0 Å². The van der Waals surface area contributed by atoms with E-state index in [1.165, 1.54) is 4.31 Å². The molecule has 31 heavy (non-hydrogen) atoms. The Bertz CT molecular complexity index is 1050. The summed E-state index contributed by atoms with van der Waals surface area (Å²) in [6.45, 7) is 4.14. The van der Waals surface area contributed by atoms with Crippen LogP contribution in [0, 0.1) is 12.8 Å². The third kappa shape index (κ3) is 4.65. The first-order chi connectivity index (χ1) is 14.8. The van der Waals surface area contributed by atoms with E-state index in [4.69, 9.17) is 0 Å². The van der Waals surface area contributed by atoms with Gasteiger partial charge in [-0.2, -0.15) is 4.31 Å². The quantitative estimate of drug-likeness (QED) is 0.710. The van der Waals surface area contributed by atoms with Crippen LogP contribution in [0.3, 0.4) is 0 Å². The van der Waals surface area contributed by atoms with Crippen molar-refractivity contribution in [1.82, 2.24) is 14.1 Å². The molecule has 0 spiro atoms. The van der Waals surface area contributed by atoms with Crippen molar-refractivity contribution in [3.63, 3.8) is 0 Å². The fourth-order valence-electron chi connectivity index (χ4n) is 4.15. The molecule has 1 atom stereocenters. The van der Waals surface area contributed by atoms with Crippen molar-refractivity contribution < 1.29 is 18.0 Å². The predicted molar refractivity (Wildman–Crippen MR) is 116 cm³/mol. The molecular weight excluding hydrogens is 414 g/mol. The topological polar surface area (TPSA) is 78.0 Å². The maximum atomic E-state index is 13.0. The molecule has 0 bridgehead atoms. The number of hydrogen-bond donors (Lipinski definition) is 0. The van der Waals surface area contributed by atoms with Gasteiger partial charge in [0.2, 0.25) is 21.8 Å². The second kappa shape index (κ2) is 8.80. The predicted octanol–water partition coefficient (Wildman–Crippen LogP) is 1.88. The lowest BCUT2D eigenvalue weighted by Gasteiger charge is -2.35. The van der Waals surface area contributed by atoms with Crippen molar-refractivity contribution in [3.8, 4) is 0 Å². The maximum absolute atomic E-state index is 13.0. The van der Waals surface area contributed by atoms with Gasteiger partial charge in [-0.15, -0.1) is 0 Å². The number of carbonyl (C=O) groups excluding carboxylic acids is 2. The molecule has 0 radical (unpaired) electrons. The Morgan fingerprint density at radius 1 is 0.968 bits per heavy atom. The lowest BCUT2D eigenvalue weighted by molar-refractivity contribution is -0.137. The van der Waals surface area contributed by atoms with Gasteiger partial charge in [0.05, 0.1) is 10.8 Å². The van der Waals surface area contributed by atoms with Crippen LogP contribution in [0.4, 0.5) is 0 Å². The fourth-order valence-corrected chi connectivity index (χ4v) is 5.60. The van der Waals surface area contributed by atoms with Crippen LogP contribution in [0.2, 0.25) is 0 Å². The van der Waals surface area contributed by atoms with Crippen molar-refractivity contribution in [2.24, 2.45) is 5.92 Å². The van der Waals surface area contributed by atoms with E-state index in [0.29, 0.717) is 26.2 Å². The molecule has 164 valence electrons. The van der Waals surface area contributed by atoms with Crippen LogP contribution in [0.25, 0.3) is 0 Å². The van der Waals surface area contributed by atoms with E-state index in [9.17, 15) is 18.0 Å². The Hall–Kier alpha value is -2.71. The van der Waals surface area contributed by atoms with E-state index in [0.717, 1.165) is 11.1 Å². The maximum Gasteiger partial charge on any atom is 0.243 e. The van der Waals surface area contributed by atoms with Crippen LogP contribution in [0.5, 0.6) is 0 Å². The van der Waals surface area contributed by atoms with Gasteiger partial charge in [-0.05, 0) is 24.6 Å². The summed E-state index contributed by atoms with van der Waals surface area (Å²) in [6.07, 6.45) is 0.215. The lowest BCUT2D eigenvalue weighted by Crippen LogP contribution is -2.52. The summed E-state index contributed by atoms with van der Waals surface area (Å²) in [6, 6.07) is 16.4. The Labute approximate surface area is 183 Å². The van der Waals surface area contributed by atoms with E-state index < -0.39 is 10.0 Å². The van der Waals surface area contributed by atoms with Gasteiger partial charge >= 0.3 is 0 Å². The number of likely N-dealkylation sites (tertiary alicyclic amines) is 1. The molecule has 0 saturated carbocycles. The number of benzene rings is 2. The van der Waals surface area contributed by atoms with Crippen LogP contribution < -0.4 is 0 Å². The Morgan fingerprint density at radius 3 is 2.26 bits per heavy atom. The van der Waals surface area contributed by atoms with Crippen molar-refractivity contribution >= 4 is 21.8 Å². The van der Waals surface area contributed by atoms with E-state index in [-0.39, 0.29) is 42.1 Å². The third-order valence-electron chi connectivity index (χ3n) is 5.99. The molecule has 0 unspecified atom stereocenters. The average Bonchev–Trinajstić information content (AvgIpc) is 3.15. The molecule has 2 aromatic rings. The van der Waals surface area contributed by atoms with Crippen molar-refractivity contribution in [3.05, 3.63) is 65.7 Å². The van der Waals surface area contributed by atoms with Crippen LogP contribution in [-0.4, -0.2) is 67.1 Å². The van der Waals surface area contributed by atoms with Crippen molar-refractivity contribution in [2.45, 2.75) is 24.8 Å². The minimum Gasteiger partial charge on any atom is -0.340 e. The third-order valence-corrected chi connectivity index (χ3v) is 7.90. The Balaban J connectivity index is 1.34. The summed E-state index contributed by atoms with van der Waals surface area (Å²) in [5, 5.41) is 0. The molecule has 0 N–H and O–H groups in total. The zero-order valence-electron chi connectivity index (χ0n) is 17.6. The normalized spacial score (nSPS) is 20.3. The monoisotopic (exact) mass is 441 g/mol. The molecule has 2 heterocycles. The number of carbonyl (C=O) groups is 2. The van der Waals surface area contributed by atoms with Gasteiger partial charge in [0.15, 0.2) is 0 Å². The van der Waals surface area contributed by atoms with Gasteiger partial charge in [-0.25, -0.2) is 8.42 Å². The Morgan fingerprint density at radius 2 is 1.61 bits per heavy atom. The van der Waals surface area contributed by atoms with Gasteiger partial charge in [0, 0.05) is 45.7 Å². The molecule has 2 aliphatic rings. The van der Waals surface area contributed by atoms with E-state index in [1.54, 1.807) is 40.1 Å². The molecule has 0 aliphatic carbocycles. The first-order valence-electron chi connectivity index (χ1n) is 10.5. The molecule has 8 heteroatoms. The minimum atomic E-state index is -3.55. The van der Waals surface area contributed by atoms with Crippen molar-refractivity contribution in [1.29, 1.82) is 0 Å². The lowest BCUT2D eigenvalue weighted by atomic mass is 10.1. The highest BCUT2D eigenvalue weighted by molar-refractivity contribution is 7.89. The van der Waals surface area contributed by atoms with Crippen LogP contribution >= 0.6 is 0 Å². The number of aryl methyl sites for hydroxylation is 1. The molecule has 7 nitrogen and oxygen atoms in total. The molecule has 2 fully saturated rings. The van der Waals surface area contributed by atoms with Gasteiger partial charge in [-0.3, -0.25) is 9.59 Å². The van der Waals surface area contributed by atoms with Crippen molar-refractivity contribution in [2.75, 3.05) is 32.7 Å². The number of piperazine rings is 1. The molecule has 2 amide bonds. The second-order valence-electron chi connectivity index (χ2n) is 8.20. The first kappa shape index (κ1) is 21.5. The van der Waals surface area contributed by atoms with Crippen LogP contribution in [0.15, 0.2) is 59.5 Å². The van der Waals surface area contributed by atoms with Crippen LogP contribution in [-0.2, 0) is 26.2 Å². The zero-order valence-corrected chi connectivity index (χ0v) is 18.4. The smallest absolute Gasteiger partial charge is 0.243 e. The number of hydrogen-bond acceptors (Lipinski definition) is 4.